The average Bonchev–Trinajstić information content (AvgIpc) is 2.96. The third-order valence-electron chi connectivity index (χ3n) is 6.46. The molecule has 9 nitrogen and oxygen atoms in total. The third kappa shape index (κ3) is 26.8. The first kappa shape index (κ1) is 38.5. The van der Waals surface area contributed by atoms with Crippen molar-refractivity contribution in [2.45, 2.75) is 116 Å². The van der Waals surface area contributed by atoms with Crippen LogP contribution < -0.4 is 5.32 Å². The molecule has 0 radical (unpaired) electrons. The third-order valence-corrected chi connectivity index (χ3v) is 6.46. The molecule has 0 aliphatic rings. The molecular formula is C34H57NO8. The predicted molar refractivity (Wildman–Crippen MR) is 168 cm³/mol. The monoisotopic (exact) mass is 607 g/mol. The summed E-state index contributed by atoms with van der Waals surface area (Å²) in [6, 6.07) is 9.77. The zero-order valence-electron chi connectivity index (χ0n) is 27.0. The number of benzene rings is 1. The van der Waals surface area contributed by atoms with Crippen LogP contribution in [0.15, 0.2) is 30.3 Å². The van der Waals surface area contributed by atoms with Crippen molar-refractivity contribution in [2.75, 3.05) is 46.2 Å². The Morgan fingerprint density at radius 2 is 1.12 bits per heavy atom. The maximum atomic E-state index is 12.0. The number of carbonyl (C=O) groups is 3. The summed E-state index contributed by atoms with van der Waals surface area (Å²) in [6.07, 6.45) is 12.5. The molecule has 0 atom stereocenters. The minimum Gasteiger partial charge on any atom is -0.461 e. The number of ether oxygens (including phenoxy) is 5. The number of carbonyl (C=O) groups excluding carboxylic acids is 3. The van der Waals surface area contributed by atoms with Crippen LogP contribution in [0, 0.1) is 0 Å². The molecule has 1 N–H and O–H groups in total. The average molecular weight is 608 g/mol. The van der Waals surface area contributed by atoms with E-state index in [9.17, 15) is 14.4 Å². The second kappa shape index (κ2) is 26.0. The van der Waals surface area contributed by atoms with Crippen LogP contribution >= 0.6 is 0 Å². The van der Waals surface area contributed by atoms with Crippen molar-refractivity contribution >= 4 is 17.8 Å². The van der Waals surface area contributed by atoms with Crippen LogP contribution in [0.1, 0.15) is 110 Å². The lowest BCUT2D eigenvalue weighted by Crippen LogP contribution is -2.27. The molecule has 43 heavy (non-hydrogen) atoms. The van der Waals surface area contributed by atoms with Crippen molar-refractivity contribution in [1.29, 1.82) is 0 Å². The van der Waals surface area contributed by atoms with Gasteiger partial charge in [0.1, 0.15) is 12.2 Å². The normalized spacial score (nSPS) is 11.3. The molecule has 1 rings (SSSR count). The van der Waals surface area contributed by atoms with E-state index in [1.165, 1.54) is 32.1 Å². The molecule has 0 unspecified atom stereocenters. The van der Waals surface area contributed by atoms with Gasteiger partial charge in [-0.1, -0.05) is 81.7 Å². The zero-order valence-corrected chi connectivity index (χ0v) is 27.0. The quantitative estimate of drug-likeness (QED) is 0.0916. The molecule has 0 heterocycles. The second-order valence-corrected chi connectivity index (χ2v) is 11.7. The first-order valence-corrected chi connectivity index (χ1v) is 16.2. The van der Waals surface area contributed by atoms with E-state index in [2.05, 4.69) is 5.32 Å². The molecule has 0 bridgehead atoms. The number of rotatable bonds is 27. The lowest BCUT2D eigenvalue weighted by molar-refractivity contribution is -0.156. The highest BCUT2D eigenvalue weighted by Gasteiger charge is 2.15. The van der Waals surface area contributed by atoms with Gasteiger partial charge in [-0.25, -0.2) is 0 Å². The van der Waals surface area contributed by atoms with Crippen molar-refractivity contribution in [3.8, 4) is 0 Å². The number of nitrogens with one attached hydrogen (secondary N) is 1. The lowest BCUT2D eigenvalue weighted by Gasteiger charge is -2.19. The van der Waals surface area contributed by atoms with Crippen LogP contribution in [0.25, 0.3) is 0 Å². The molecule has 0 spiro atoms. The number of unbranched alkanes of at least 4 members (excludes halogenated alkanes) is 9. The summed E-state index contributed by atoms with van der Waals surface area (Å²) in [4.78, 5) is 35.3. The van der Waals surface area contributed by atoms with Crippen molar-refractivity contribution in [3.05, 3.63) is 35.9 Å². The highest BCUT2D eigenvalue weighted by atomic mass is 16.6. The fourth-order valence-corrected chi connectivity index (χ4v) is 4.22. The van der Waals surface area contributed by atoms with E-state index >= 15 is 0 Å². The Kier molecular flexibility index (Phi) is 23.3. The first-order valence-electron chi connectivity index (χ1n) is 16.2. The minimum atomic E-state index is -0.475. The van der Waals surface area contributed by atoms with Gasteiger partial charge in [-0.2, -0.15) is 0 Å². The predicted octanol–water partition coefficient (Wildman–Crippen LogP) is 6.31. The Labute approximate surface area is 259 Å². The van der Waals surface area contributed by atoms with Gasteiger partial charge in [0.25, 0.3) is 0 Å². The summed E-state index contributed by atoms with van der Waals surface area (Å²) in [5.74, 6) is -0.301. The number of esters is 2. The molecule has 0 saturated heterocycles. The van der Waals surface area contributed by atoms with Crippen molar-refractivity contribution in [2.24, 2.45) is 0 Å². The Morgan fingerprint density at radius 3 is 1.70 bits per heavy atom. The van der Waals surface area contributed by atoms with Gasteiger partial charge in [0.05, 0.1) is 46.1 Å². The van der Waals surface area contributed by atoms with Gasteiger partial charge < -0.3 is 29.0 Å². The largest absolute Gasteiger partial charge is 0.461 e. The van der Waals surface area contributed by atoms with Gasteiger partial charge >= 0.3 is 11.9 Å². The van der Waals surface area contributed by atoms with Crippen LogP contribution in [0.4, 0.5) is 0 Å². The van der Waals surface area contributed by atoms with E-state index in [0.717, 1.165) is 37.7 Å². The van der Waals surface area contributed by atoms with Gasteiger partial charge in [-0.3, -0.25) is 14.4 Å². The summed E-state index contributed by atoms with van der Waals surface area (Å²) < 4.78 is 26.8. The standard InChI is InChI=1S/C34H57NO8/c1-34(2,3)43-33(38)21-23-39-25-27-41-28-26-40-24-22-35-31(36)19-15-10-8-6-4-5-7-9-11-16-20-32(37)42-29-30-17-13-12-14-18-30/h12-14,17-18H,4-11,15-16,19-29H2,1-3H3,(H,35,36). The molecule has 246 valence electrons. The van der Waals surface area contributed by atoms with Crippen LogP contribution in [0.2, 0.25) is 0 Å². The summed E-state index contributed by atoms with van der Waals surface area (Å²) >= 11 is 0. The first-order chi connectivity index (χ1) is 20.8. The van der Waals surface area contributed by atoms with Gasteiger partial charge in [-0.05, 0) is 39.2 Å². The minimum absolute atomic E-state index is 0.0762. The molecule has 1 aromatic carbocycles. The maximum Gasteiger partial charge on any atom is 0.308 e. The lowest BCUT2D eigenvalue weighted by atomic mass is 10.1. The van der Waals surface area contributed by atoms with E-state index < -0.39 is 5.60 Å². The van der Waals surface area contributed by atoms with Crippen molar-refractivity contribution in [1.82, 2.24) is 5.32 Å². The Morgan fingerprint density at radius 1 is 0.605 bits per heavy atom. The van der Waals surface area contributed by atoms with Gasteiger partial charge in [0.2, 0.25) is 5.91 Å². The highest BCUT2D eigenvalue weighted by molar-refractivity contribution is 5.75. The van der Waals surface area contributed by atoms with Crippen LogP contribution in [-0.2, 0) is 44.7 Å². The molecule has 9 heteroatoms. The molecule has 0 aliphatic heterocycles. The Hall–Kier alpha value is -2.49. The van der Waals surface area contributed by atoms with Crippen LogP contribution in [-0.4, -0.2) is 69.6 Å². The van der Waals surface area contributed by atoms with Gasteiger partial charge in [-0.15, -0.1) is 0 Å². The summed E-state index contributed by atoms with van der Waals surface area (Å²) in [5, 5.41) is 2.90. The molecule has 1 aromatic rings. The molecule has 0 fully saturated rings. The molecule has 1 amide bonds. The Bertz CT molecular complexity index is 841. The maximum absolute atomic E-state index is 12.0. The van der Waals surface area contributed by atoms with Crippen LogP contribution in [0.5, 0.6) is 0 Å². The highest BCUT2D eigenvalue weighted by Crippen LogP contribution is 2.13. The Balaban J connectivity index is 1.75. The molecular weight excluding hydrogens is 550 g/mol. The van der Waals surface area contributed by atoms with E-state index in [0.29, 0.717) is 65.6 Å². The van der Waals surface area contributed by atoms with E-state index in [-0.39, 0.29) is 24.3 Å². The summed E-state index contributed by atoms with van der Waals surface area (Å²) in [5.41, 5.74) is 0.547. The second-order valence-electron chi connectivity index (χ2n) is 11.7. The number of hydrogen-bond donors (Lipinski definition) is 1. The van der Waals surface area contributed by atoms with Gasteiger partial charge in [0, 0.05) is 19.4 Å². The molecule has 0 aliphatic carbocycles. The SMILES string of the molecule is CC(C)(C)OC(=O)CCOCCOCCOCCNC(=O)CCCCCCCCCCCCC(=O)OCc1ccccc1. The summed E-state index contributed by atoms with van der Waals surface area (Å²) in [6.45, 7) is 8.90. The topological polar surface area (TPSA) is 109 Å². The van der Waals surface area contributed by atoms with E-state index in [1.807, 2.05) is 51.1 Å². The van der Waals surface area contributed by atoms with Crippen molar-refractivity contribution < 1.29 is 38.1 Å². The zero-order chi connectivity index (χ0) is 31.4. The van der Waals surface area contributed by atoms with E-state index in [4.69, 9.17) is 23.7 Å². The van der Waals surface area contributed by atoms with Gasteiger partial charge in [0.15, 0.2) is 0 Å². The fraction of sp³-hybridized carbons (Fsp3) is 0.735. The molecule has 0 saturated carbocycles. The van der Waals surface area contributed by atoms with Crippen molar-refractivity contribution in [3.63, 3.8) is 0 Å². The smallest absolute Gasteiger partial charge is 0.308 e. The molecule has 0 aromatic heterocycles. The number of hydrogen-bond acceptors (Lipinski definition) is 8. The van der Waals surface area contributed by atoms with E-state index in [1.54, 1.807) is 0 Å². The van der Waals surface area contributed by atoms with Crippen LogP contribution in [0.3, 0.4) is 0 Å². The summed E-state index contributed by atoms with van der Waals surface area (Å²) in [7, 11) is 0. The fourth-order valence-electron chi connectivity index (χ4n) is 4.22. The number of amides is 1.